The number of nitrogens with one attached hydrogen (secondary N) is 1. The van der Waals surface area contributed by atoms with Crippen LogP contribution in [0.1, 0.15) is 31.2 Å². The summed E-state index contributed by atoms with van der Waals surface area (Å²) in [5, 5.41) is 0. The van der Waals surface area contributed by atoms with Gasteiger partial charge in [0.15, 0.2) is 0 Å². The summed E-state index contributed by atoms with van der Waals surface area (Å²) in [6.07, 6.45) is 5.36. The van der Waals surface area contributed by atoms with Crippen LogP contribution in [0, 0.1) is 5.82 Å². The quantitative estimate of drug-likeness (QED) is 0.875. The molecule has 1 atom stereocenters. The predicted octanol–water partition coefficient (Wildman–Crippen LogP) is 2.12. The fourth-order valence-electron chi connectivity index (χ4n) is 2.88. The molecule has 1 aromatic carbocycles. The van der Waals surface area contributed by atoms with Crippen molar-refractivity contribution < 1.29 is 12.8 Å². The lowest BCUT2D eigenvalue weighted by Gasteiger charge is -2.36. The summed E-state index contributed by atoms with van der Waals surface area (Å²) < 4.78 is 38.0. The highest BCUT2D eigenvalue weighted by atomic mass is 32.2. The number of halogens is 1. The van der Waals surface area contributed by atoms with Crippen LogP contribution in [0.3, 0.4) is 0 Å². The molecule has 1 N–H and O–H groups in total. The lowest BCUT2D eigenvalue weighted by atomic mass is 9.98. The molecule has 1 heterocycles. The number of benzene rings is 1. The number of sulfonamides is 1. The molecule has 0 amide bonds. The molecule has 4 nitrogen and oxygen atoms in total. The second-order valence-electron chi connectivity index (χ2n) is 5.71. The number of hydrogen-bond donors (Lipinski definition) is 1. The highest BCUT2D eigenvalue weighted by Crippen LogP contribution is 2.22. The Bertz CT molecular complexity index is 563. The van der Waals surface area contributed by atoms with E-state index >= 15 is 0 Å². The third kappa shape index (κ3) is 5.73. The normalized spacial score (nSPS) is 20.6. The molecule has 6 heteroatoms. The van der Waals surface area contributed by atoms with Crippen molar-refractivity contribution in [2.24, 2.45) is 0 Å². The molecule has 0 aromatic heterocycles. The lowest BCUT2D eigenvalue weighted by molar-refractivity contribution is 0.133. The minimum atomic E-state index is -3.13. The molecular weight excluding hydrogens is 291 g/mol. The van der Waals surface area contributed by atoms with Crippen LogP contribution >= 0.6 is 0 Å². The van der Waals surface area contributed by atoms with Crippen LogP contribution in [0.15, 0.2) is 24.3 Å². The Kier molecular flexibility index (Phi) is 5.72. The fraction of sp³-hybridized carbons (Fsp3) is 0.600. The summed E-state index contributed by atoms with van der Waals surface area (Å²) in [6.45, 7) is 2.17. The van der Waals surface area contributed by atoms with Gasteiger partial charge in [-0.2, -0.15) is 0 Å². The number of hydrogen-bond acceptors (Lipinski definition) is 3. The predicted molar refractivity (Wildman–Crippen MR) is 81.9 cm³/mol. The van der Waals surface area contributed by atoms with E-state index in [0.29, 0.717) is 12.6 Å². The molecule has 1 aliphatic heterocycles. The molecule has 1 aliphatic rings. The van der Waals surface area contributed by atoms with Gasteiger partial charge in [0.25, 0.3) is 0 Å². The topological polar surface area (TPSA) is 49.4 Å². The second kappa shape index (κ2) is 7.33. The van der Waals surface area contributed by atoms with Gasteiger partial charge in [-0.15, -0.1) is 0 Å². The Balaban J connectivity index is 1.92. The first-order valence-electron chi connectivity index (χ1n) is 7.37. The first-order chi connectivity index (χ1) is 9.94. The third-order valence-corrected chi connectivity index (χ3v) is 4.59. The van der Waals surface area contributed by atoms with E-state index in [2.05, 4.69) is 9.62 Å². The van der Waals surface area contributed by atoms with Gasteiger partial charge in [-0.1, -0.05) is 18.6 Å². The van der Waals surface area contributed by atoms with Gasteiger partial charge in [-0.3, -0.25) is 4.90 Å². The summed E-state index contributed by atoms with van der Waals surface area (Å²) in [6, 6.07) is 7.04. The lowest BCUT2D eigenvalue weighted by Crippen LogP contribution is -2.41. The van der Waals surface area contributed by atoms with Crippen LogP contribution in [0.2, 0.25) is 0 Å². The Morgan fingerprint density at radius 2 is 2.19 bits per heavy atom. The van der Waals surface area contributed by atoms with E-state index in [0.717, 1.165) is 37.9 Å². The number of likely N-dealkylation sites (tertiary alicyclic amines) is 1. The first kappa shape index (κ1) is 16.4. The van der Waals surface area contributed by atoms with Gasteiger partial charge in [0.1, 0.15) is 5.82 Å². The van der Waals surface area contributed by atoms with Gasteiger partial charge in [0.05, 0.1) is 6.26 Å². The maximum Gasteiger partial charge on any atom is 0.208 e. The summed E-state index contributed by atoms with van der Waals surface area (Å²) in [4.78, 5) is 2.34. The third-order valence-electron chi connectivity index (χ3n) is 3.87. The molecule has 0 aliphatic carbocycles. The van der Waals surface area contributed by atoms with Gasteiger partial charge in [0.2, 0.25) is 10.0 Å². The summed E-state index contributed by atoms with van der Waals surface area (Å²) >= 11 is 0. The smallest absolute Gasteiger partial charge is 0.208 e. The van der Waals surface area contributed by atoms with Crippen LogP contribution < -0.4 is 4.72 Å². The fourth-order valence-corrected chi connectivity index (χ4v) is 3.36. The van der Waals surface area contributed by atoms with Crippen molar-refractivity contribution in [3.05, 3.63) is 35.6 Å². The van der Waals surface area contributed by atoms with Crippen LogP contribution in [-0.2, 0) is 16.6 Å². The molecule has 2 rings (SSSR count). The molecule has 0 spiro atoms. The zero-order valence-corrected chi connectivity index (χ0v) is 13.2. The van der Waals surface area contributed by atoms with Gasteiger partial charge in [-0.05, 0) is 43.5 Å². The van der Waals surface area contributed by atoms with Crippen molar-refractivity contribution in [2.45, 2.75) is 38.3 Å². The molecule has 118 valence electrons. The average Bonchev–Trinajstić information content (AvgIpc) is 2.39. The zero-order chi connectivity index (χ0) is 15.3. The molecule has 1 unspecified atom stereocenters. The van der Waals surface area contributed by atoms with Gasteiger partial charge < -0.3 is 0 Å². The van der Waals surface area contributed by atoms with Crippen LogP contribution in [0.4, 0.5) is 4.39 Å². The van der Waals surface area contributed by atoms with Gasteiger partial charge in [0, 0.05) is 19.1 Å². The van der Waals surface area contributed by atoms with E-state index in [4.69, 9.17) is 0 Å². The van der Waals surface area contributed by atoms with Crippen LogP contribution in [0.25, 0.3) is 0 Å². The Morgan fingerprint density at radius 3 is 2.90 bits per heavy atom. The standard InChI is InChI=1S/C15H23FN2O2S/c1-21(19,20)17-9-8-15-7-2-3-10-18(15)12-13-5-4-6-14(16)11-13/h4-6,11,15,17H,2-3,7-10,12H2,1H3. The molecule has 0 radical (unpaired) electrons. The summed E-state index contributed by atoms with van der Waals surface area (Å²) in [5.74, 6) is -0.209. The first-order valence-corrected chi connectivity index (χ1v) is 9.26. The van der Waals surface area contributed by atoms with E-state index in [-0.39, 0.29) is 5.82 Å². The van der Waals surface area contributed by atoms with E-state index in [1.807, 2.05) is 6.07 Å². The molecule has 0 saturated carbocycles. The maximum absolute atomic E-state index is 13.3. The Hall–Kier alpha value is -0.980. The molecule has 0 bridgehead atoms. The minimum Gasteiger partial charge on any atom is -0.296 e. The van der Waals surface area contributed by atoms with Crippen LogP contribution in [0.5, 0.6) is 0 Å². The summed E-state index contributed by atoms with van der Waals surface area (Å²) in [5.41, 5.74) is 0.970. The largest absolute Gasteiger partial charge is 0.296 e. The van der Waals surface area contributed by atoms with E-state index < -0.39 is 10.0 Å². The molecule has 1 saturated heterocycles. The van der Waals surface area contributed by atoms with E-state index in [1.165, 1.54) is 18.7 Å². The van der Waals surface area contributed by atoms with Crippen molar-refractivity contribution >= 4 is 10.0 Å². The van der Waals surface area contributed by atoms with Gasteiger partial charge in [-0.25, -0.2) is 17.5 Å². The highest BCUT2D eigenvalue weighted by molar-refractivity contribution is 7.88. The number of piperidine rings is 1. The molecular formula is C15H23FN2O2S. The van der Waals surface area contributed by atoms with Crippen molar-refractivity contribution in [1.29, 1.82) is 0 Å². The number of rotatable bonds is 6. The Morgan fingerprint density at radius 1 is 1.38 bits per heavy atom. The highest BCUT2D eigenvalue weighted by Gasteiger charge is 2.22. The molecule has 1 aromatic rings. The van der Waals surface area contributed by atoms with Crippen molar-refractivity contribution in [1.82, 2.24) is 9.62 Å². The van der Waals surface area contributed by atoms with Crippen molar-refractivity contribution in [3.63, 3.8) is 0 Å². The Labute approximate surface area is 126 Å². The monoisotopic (exact) mass is 314 g/mol. The van der Waals surface area contributed by atoms with Crippen LogP contribution in [-0.4, -0.2) is 38.7 Å². The molecule has 21 heavy (non-hydrogen) atoms. The van der Waals surface area contributed by atoms with E-state index in [1.54, 1.807) is 12.1 Å². The van der Waals surface area contributed by atoms with E-state index in [9.17, 15) is 12.8 Å². The summed E-state index contributed by atoms with van der Waals surface area (Å²) in [7, 11) is -3.13. The van der Waals surface area contributed by atoms with Crippen molar-refractivity contribution in [2.75, 3.05) is 19.3 Å². The average molecular weight is 314 g/mol. The van der Waals surface area contributed by atoms with Crippen molar-refractivity contribution in [3.8, 4) is 0 Å². The number of nitrogens with zero attached hydrogens (tertiary/aromatic N) is 1. The van der Waals surface area contributed by atoms with Gasteiger partial charge >= 0.3 is 0 Å². The second-order valence-corrected chi connectivity index (χ2v) is 7.54. The maximum atomic E-state index is 13.3. The SMILES string of the molecule is CS(=O)(=O)NCCC1CCCCN1Cc1cccc(F)c1. The molecule has 1 fully saturated rings. The minimum absolute atomic E-state index is 0.209. The zero-order valence-electron chi connectivity index (χ0n) is 12.4.